The smallest absolute Gasteiger partial charge is 0.342 e. The van der Waals surface area contributed by atoms with Crippen LogP contribution in [0, 0.1) is 17.0 Å². The van der Waals surface area contributed by atoms with Gasteiger partial charge in [0.25, 0.3) is 5.69 Å². The standard InChI is InChI=1S/C28H22ClN5O5S/c1-16-21(20-5-3-4-6-23(20)33(16)15-17-7-10-19(11-8-17)34(37)38)14-25(27(35)36)40-28-30-26(31-32-28)22-13-18(29)9-12-24(22)39-2/h3-14H,15H2,1-2H3,(H,35,36)(H,30,31,32)/b25-14-. The van der Waals surface area contributed by atoms with Gasteiger partial charge in [-0.2, -0.15) is 0 Å². The lowest BCUT2D eigenvalue weighted by Gasteiger charge is -2.09. The molecule has 202 valence electrons. The molecule has 2 N–H and O–H groups in total. The first-order valence-electron chi connectivity index (χ1n) is 12.0. The molecule has 0 saturated carbocycles. The van der Waals surface area contributed by atoms with E-state index in [-0.39, 0.29) is 15.7 Å². The lowest BCUT2D eigenvalue weighted by atomic mass is 10.1. The Bertz CT molecular complexity index is 1780. The first-order valence-corrected chi connectivity index (χ1v) is 13.1. The Morgan fingerprint density at radius 3 is 2.65 bits per heavy atom. The highest BCUT2D eigenvalue weighted by atomic mass is 35.5. The van der Waals surface area contributed by atoms with Crippen LogP contribution in [0.3, 0.4) is 0 Å². The number of nitro groups is 1. The molecule has 3 aromatic carbocycles. The fourth-order valence-corrected chi connectivity index (χ4v) is 5.25. The van der Waals surface area contributed by atoms with E-state index in [0.29, 0.717) is 28.7 Å². The number of nitro benzene ring substituents is 1. The molecule has 10 nitrogen and oxygen atoms in total. The van der Waals surface area contributed by atoms with Crippen molar-refractivity contribution in [2.75, 3.05) is 7.11 Å². The minimum absolute atomic E-state index is 0.0218. The minimum Gasteiger partial charge on any atom is -0.496 e. The summed E-state index contributed by atoms with van der Waals surface area (Å²) in [5.74, 6) is -0.187. The van der Waals surface area contributed by atoms with Crippen molar-refractivity contribution in [2.45, 2.75) is 18.6 Å². The van der Waals surface area contributed by atoms with E-state index < -0.39 is 10.9 Å². The number of nitrogens with zero attached hydrogens (tertiary/aromatic N) is 4. The summed E-state index contributed by atoms with van der Waals surface area (Å²) in [6, 6.07) is 19.2. The Balaban J connectivity index is 1.50. The van der Waals surface area contributed by atoms with Crippen molar-refractivity contribution < 1.29 is 19.6 Å². The number of carboxylic acid groups (broad SMARTS) is 1. The second kappa shape index (κ2) is 11.2. The fraction of sp³-hybridized carbons (Fsp3) is 0.107. The van der Waals surface area contributed by atoms with Crippen molar-refractivity contribution in [3.8, 4) is 17.1 Å². The normalized spacial score (nSPS) is 11.6. The number of non-ortho nitro benzene ring substituents is 1. The van der Waals surface area contributed by atoms with Gasteiger partial charge in [0, 0.05) is 45.9 Å². The van der Waals surface area contributed by atoms with Crippen LogP contribution >= 0.6 is 23.4 Å². The van der Waals surface area contributed by atoms with E-state index in [9.17, 15) is 20.0 Å². The van der Waals surface area contributed by atoms with Gasteiger partial charge in [0.1, 0.15) is 10.7 Å². The highest BCUT2D eigenvalue weighted by molar-refractivity contribution is 8.04. The summed E-state index contributed by atoms with van der Waals surface area (Å²) in [6.45, 7) is 2.37. The van der Waals surface area contributed by atoms with Crippen molar-refractivity contribution >= 4 is 52.0 Å². The van der Waals surface area contributed by atoms with Crippen LogP contribution in [0.15, 0.2) is 76.8 Å². The Kier molecular flexibility index (Phi) is 7.58. The number of hydrogen-bond acceptors (Lipinski definition) is 7. The lowest BCUT2D eigenvalue weighted by Crippen LogP contribution is -2.02. The van der Waals surface area contributed by atoms with Crippen molar-refractivity contribution in [3.63, 3.8) is 0 Å². The van der Waals surface area contributed by atoms with Gasteiger partial charge >= 0.3 is 5.97 Å². The summed E-state index contributed by atoms with van der Waals surface area (Å²) in [5, 5.41) is 29.7. The number of aromatic nitrogens is 4. The number of para-hydroxylation sites is 1. The highest BCUT2D eigenvalue weighted by Crippen LogP contribution is 2.35. The number of H-pyrrole nitrogens is 1. The molecule has 2 heterocycles. The van der Waals surface area contributed by atoms with Gasteiger partial charge in [-0.15, -0.1) is 5.10 Å². The zero-order valence-electron chi connectivity index (χ0n) is 21.3. The molecule has 0 bridgehead atoms. The minimum atomic E-state index is -1.12. The SMILES string of the molecule is COc1ccc(Cl)cc1-c1nc(S/C(=C\c2c(C)n(Cc3ccc([N+](=O)[O-])cc3)c3ccccc23)C(=O)O)n[nH]1. The van der Waals surface area contributed by atoms with Crippen LogP contribution in [-0.2, 0) is 11.3 Å². The van der Waals surface area contributed by atoms with Crippen molar-refractivity contribution in [3.05, 3.63) is 104 Å². The lowest BCUT2D eigenvalue weighted by molar-refractivity contribution is -0.384. The molecule has 0 aliphatic rings. The number of ether oxygens (including phenoxy) is 1. The average Bonchev–Trinajstić information content (AvgIpc) is 3.51. The molecule has 12 heteroatoms. The Labute approximate surface area is 237 Å². The van der Waals surface area contributed by atoms with Gasteiger partial charge < -0.3 is 14.4 Å². The molecule has 0 saturated heterocycles. The van der Waals surface area contributed by atoms with Gasteiger partial charge in [0.05, 0.1) is 17.6 Å². The van der Waals surface area contributed by atoms with Gasteiger partial charge in [0.2, 0.25) is 5.16 Å². The molecule has 5 aromatic rings. The van der Waals surface area contributed by atoms with Crippen molar-refractivity contribution in [1.29, 1.82) is 0 Å². The van der Waals surface area contributed by atoms with Gasteiger partial charge in [0.15, 0.2) is 5.82 Å². The maximum Gasteiger partial charge on any atom is 0.342 e. The molecule has 0 unspecified atom stereocenters. The summed E-state index contributed by atoms with van der Waals surface area (Å²) in [7, 11) is 1.53. The predicted octanol–water partition coefficient (Wildman–Crippen LogP) is 6.57. The fourth-order valence-electron chi connectivity index (χ4n) is 4.39. The largest absolute Gasteiger partial charge is 0.496 e. The van der Waals surface area contributed by atoms with Crippen LogP contribution in [0.25, 0.3) is 28.4 Å². The molecule has 0 aliphatic carbocycles. The van der Waals surface area contributed by atoms with Crippen LogP contribution in [0.4, 0.5) is 5.69 Å². The van der Waals surface area contributed by atoms with E-state index in [2.05, 4.69) is 19.7 Å². The topological polar surface area (TPSA) is 136 Å². The molecule has 5 rings (SSSR count). The summed E-state index contributed by atoms with van der Waals surface area (Å²) < 4.78 is 7.44. The Hall–Kier alpha value is -4.61. The Morgan fingerprint density at radius 2 is 1.95 bits per heavy atom. The number of aliphatic carboxylic acids is 1. The van der Waals surface area contributed by atoms with Crippen LogP contribution in [0.2, 0.25) is 5.02 Å². The third-order valence-corrected chi connectivity index (χ3v) is 7.45. The second-order valence-corrected chi connectivity index (χ2v) is 10.2. The molecular weight excluding hydrogens is 554 g/mol. The molecule has 0 aliphatic heterocycles. The maximum absolute atomic E-state index is 12.3. The van der Waals surface area contributed by atoms with E-state index in [4.69, 9.17) is 16.3 Å². The molecule has 2 aromatic heterocycles. The summed E-state index contributed by atoms with van der Waals surface area (Å²) in [4.78, 5) is 27.4. The maximum atomic E-state index is 12.3. The number of rotatable bonds is 9. The molecule has 0 amide bonds. The first kappa shape index (κ1) is 27.0. The molecule has 0 radical (unpaired) electrons. The number of methoxy groups -OCH3 is 1. The van der Waals surface area contributed by atoms with Crippen LogP contribution in [0.1, 0.15) is 16.8 Å². The van der Waals surface area contributed by atoms with Crippen LogP contribution in [-0.4, -0.2) is 42.9 Å². The zero-order valence-corrected chi connectivity index (χ0v) is 22.9. The van der Waals surface area contributed by atoms with Crippen molar-refractivity contribution in [2.24, 2.45) is 0 Å². The van der Waals surface area contributed by atoms with Crippen LogP contribution in [0.5, 0.6) is 5.75 Å². The molecule has 0 spiro atoms. The zero-order chi connectivity index (χ0) is 28.4. The van der Waals surface area contributed by atoms with E-state index >= 15 is 0 Å². The van der Waals surface area contributed by atoms with E-state index in [0.717, 1.165) is 39.5 Å². The Morgan fingerprint density at radius 1 is 1.20 bits per heavy atom. The number of benzene rings is 3. The first-order chi connectivity index (χ1) is 19.2. The van der Waals surface area contributed by atoms with E-state index in [1.165, 1.54) is 19.2 Å². The number of carbonyl (C=O) groups is 1. The number of carboxylic acids is 1. The third kappa shape index (κ3) is 5.42. The average molecular weight is 576 g/mol. The monoisotopic (exact) mass is 575 g/mol. The summed E-state index contributed by atoms with van der Waals surface area (Å²) in [5.41, 5.74) is 4.00. The van der Waals surface area contributed by atoms with Gasteiger partial charge in [-0.3, -0.25) is 15.2 Å². The third-order valence-electron chi connectivity index (χ3n) is 6.34. The number of aromatic amines is 1. The number of fused-ring (bicyclic) bond motifs is 1. The number of nitrogens with one attached hydrogen (secondary N) is 1. The summed E-state index contributed by atoms with van der Waals surface area (Å²) >= 11 is 7.06. The van der Waals surface area contributed by atoms with Gasteiger partial charge in [-0.1, -0.05) is 41.9 Å². The van der Waals surface area contributed by atoms with Gasteiger partial charge in [-0.05, 0) is 54.6 Å². The molecule has 0 fully saturated rings. The van der Waals surface area contributed by atoms with Crippen molar-refractivity contribution in [1.82, 2.24) is 19.7 Å². The predicted molar refractivity (Wildman–Crippen MR) is 154 cm³/mol. The van der Waals surface area contributed by atoms with E-state index in [1.807, 2.05) is 31.2 Å². The summed E-state index contributed by atoms with van der Waals surface area (Å²) in [6.07, 6.45) is 1.62. The quantitative estimate of drug-likeness (QED) is 0.0871. The van der Waals surface area contributed by atoms with E-state index in [1.54, 1.807) is 36.4 Å². The van der Waals surface area contributed by atoms with Crippen LogP contribution < -0.4 is 4.74 Å². The molecular formula is C28H22ClN5O5S. The number of thioether (sulfide) groups is 1. The second-order valence-electron chi connectivity index (χ2n) is 8.75. The highest BCUT2D eigenvalue weighted by Gasteiger charge is 2.19. The number of hydrogen-bond donors (Lipinski definition) is 2. The van der Waals surface area contributed by atoms with Gasteiger partial charge in [-0.25, -0.2) is 9.78 Å². The molecule has 0 atom stereocenters. The number of halogens is 1. The molecule has 40 heavy (non-hydrogen) atoms.